The number of carbonyl (C=O) groups excluding carboxylic acids is 1. The van der Waals surface area contributed by atoms with Gasteiger partial charge >= 0.3 is 0 Å². The number of carbonyl (C=O) groups is 1. The molecule has 2 heterocycles. The molecule has 1 amide bonds. The Kier molecular flexibility index (Phi) is 3.67. The van der Waals surface area contributed by atoms with E-state index in [0.717, 1.165) is 13.1 Å². The molecule has 1 aliphatic rings. The molecular weight excluding hydrogens is 236 g/mol. The summed E-state index contributed by atoms with van der Waals surface area (Å²) in [6, 6.07) is 3.48. The highest BCUT2D eigenvalue weighted by atomic mass is 35.5. The monoisotopic (exact) mass is 252 g/mol. The van der Waals surface area contributed by atoms with Gasteiger partial charge in [-0.3, -0.25) is 4.79 Å². The highest BCUT2D eigenvalue weighted by Gasteiger charge is 2.27. The van der Waals surface area contributed by atoms with Gasteiger partial charge in [-0.1, -0.05) is 25.4 Å². The van der Waals surface area contributed by atoms with E-state index in [4.69, 9.17) is 11.6 Å². The van der Waals surface area contributed by atoms with Crippen LogP contribution in [0, 0.1) is 11.8 Å². The van der Waals surface area contributed by atoms with Crippen LogP contribution in [0.3, 0.4) is 0 Å². The Balaban J connectivity index is 2.17. The van der Waals surface area contributed by atoms with Crippen molar-refractivity contribution in [3.63, 3.8) is 0 Å². The number of pyridine rings is 1. The first-order valence-electron chi connectivity index (χ1n) is 5.97. The molecule has 3 nitrogen and oxygen atoms in total. The van der Waals surface area contributed by atoms with Crippen molar-refractivity contribution in [1.29, 1.82) is 0 Å². The van der Waals surface area contributed by atoms with Crippen molar-refractivity contribution < 1.29 is 4.79 Å². The Morgan fingerprint density at radius 1 is 1.41 bits per heavy atom. The lowest BCUT2D eigenvalue weighted by Gasteiger charge is -2.35. The van der Waals surface area contributed by atoms with Crippen LogP contribution in [-0.2, 0) is 0 Å². The van der Waals surface area contributed by atoms with Gasteiger partial charge in [0, 0.05) is 19.3 Å². The normalized spacial score (nSPS) is 24.8. The van der Waals surface area contributed by atoms with E-state index < -0.39 is 0 Å². The summed E-state index contributed by atoms with van der Waals surface area (Å²) >= 11 is 5.95. The van der Waals surface area contributed by atoms with Crippen LogP contribution in [0.2, 0.25) is 5.15 Å². The number of halogens is 1. The van der Waals surface area contributed by atoms with Gasteiger partial charge in [0.1, 0.15) is 5.15 Å². The average molecular weight is 253 g/mol. The number of aromatic nitrogens is 1. The quantitative estimate of drug-likeness (QED) is 0.720. The molecule has 1 saturated heterocycles. The Morgan fingerprint density at radius 3 is 2.65 bits per heavy atom. The minimum Gasteiger partial charge on any atom is -0.338 e. The van der Waals surface area contributed by atoms with E-state index in [1.165, 1.54) is 6.42 Å². The SMILES string of the molecule is C[C@@H]1C[C@H](C)CN(C(=O)c2cccnc2Cl)C1. The second-order valence-electron chi connectivity index (χ2n) is 5.00. The average Bonchev–Trinajstić information content (AvgIpc) is 2.27. The van der Waals surface area contributed by atoms with E-state index in [0.29, 0.717) is 22.6 Å². The summed E-state index contributed by atoms with van der Waals surface area (Å²) in [5.41, 5.74) is 0.510. The summed E-state index contributed by atoms with van der Waals surface area (Å²) in [6.07, 6.45) is 2.78. The summed E-state index contributed by atoms with van der Waals surface area (Å²) in [5, 5.41) is 0.295. The minimum absolute atomic E-state index is 0.00139. The predicted molar refractivity (Wildman–Crippen MR) is 68.1 cm³/mol. The van der Waals surface area contributed by atoms with Crippen LogP contribution >= 0.6 is 11.6 Å². The highest BCUT2D eigenvalue weighted by Crippen LogP contribution is 2.23. The van der Waals surface area contributed by atoms with Crippen molar-refractivity contribution in [2.75, 3.05) is 13.1 Å². The molecule has 0 unspecified atom stereocenters. The van der Waals surface area contributed by atoms with Crippen molar-refractivity contribution in [3.8, 4) is 0 Å². The fourth-order valence-electron chi connectivity index (χ4n) is 2.54. The zero-order chi connectivity index (χ0) is 12.4. The smallest absolute Gasteiger partial charge is 0.257 e. The maximum absolute atomic E-state index is 12.3. The second kappa shape index (κ2) is 5.05. The van der Waals surface area contributed by atoms with Crippen molar-refractivity contribution in [2.24, 2.45) is 11.8 Å². The molecule has 1 aromatic heterocycles. The molecule has 0 saturated carbocycles. The number of amides is 1. The first-order valence-corrected chi connectivity index (χ1v) is 6.35. The van der Waals surface area contributed by atoms with Crippen LogP contribution in [0.1, 0.15) is 30.6 Å². The standard InChI is InChI=1S/C13H17ClN2O/c1-9-6-10(2)8-16(7-9)13(17)11-4-3-5-15-12(11)14/h3-5,9-10H,6-8H2,1-2H3/t9-,10+. The van der Waals surface area contributed by atoms with E-state index in [9.17, 15) is 4.79 Å². The summed E-state index contributed by atoms with van der Waals surface area (Å²) in [7, 11) is 0. The molecule has 1 aliphatic heterocycles. The maximum atomic E-state index is 12.3. The van der Waals surface area contributed by atoms with Gasteiger partial charge in [0.25, 0.3) is 5.91 Å². The molecule has 0 radical (unpaired) electrons. The van der Waals surface area contributed by atoms with Gasteiger partial charge in [0.15, 0.2) is 0 Å². The van der Waals surface area contributed by atoms with E-state index in [-0.39, 0.29) is 5.91 Å². The number of rotatable bonds is 1. The van der Waals surface area contributed by atoms with Crippen LogP contribution in [0.5, 0.6) is 0 Å². The molecule has 92 valence electrons. The fourth-order valence-corrected chi connectivity index (χ4v) is 2.74. The van der Waals surface area contributed by atoms with Crippen molar-refractivity contribution >= 4 is 17.5 Å². The van der Waals surface area contributed by atoms with Gasteiger partial charge in [-0.05, 0) is 30.4 Å². The predicted octanol–water partition coefficient (Wildman–Crippen LogP) is 2.85. The Hall–Kier alpha value is -1.09. The van der Waals surface area contributed by atoms with Crippen LogP contribution in [0.4, 0.5) is 0 Å². The largest absolute Gasteiger partial charge is 0.338 e. The fraction of sp³-hybridized carbons (Fsp3) is 0.538. The number of hydrogen-bond acceptors (Lipinski definition) is 2. The number of piperidine rings is 1. The lowest BCUT2D eigenvalue weighted by molar-refractivity contribution is 0.0623. The van der Waals surface area contributed by atoms with Gasteiger partial charge in [-0.2, -0.15) is 0 Å². The second-order valence-corrected chi connectivity index (χ2v) is 5.36. The Morgan fingerprint density at radius 2 is 2.06 bits per heavy atom. The third-order valence-corrected chi connectivity index (χ3v) is 3.45. The maximum Gasteiger partial charge on any atom is 0.257 e. The van der Waals surface area contributed by atoms with Crippen LogP contribution in [0.15, 0.2) is 18.3 Å². The molecule has 1 fully saturated rings. The van der Waals surface area contributed by atoms with Crippen molar-refractivity contribution in [3.05, 3.63) is 29.0 Å². The number of hydrogen-bond donors (Lipinski definition) is 0. The Labute approximate surface area is 107 Å². The lowest BCUT2D eigenvalue weighted by atomic mass is 9.91. The van der Waals surface area contributed by atoms with E-state index in [2.05, 4.69) is 18.8 Å². The Bertz CT molecular complexity index is 412. The van der Waals surface area contributed by atoms with Gasteiger partial charge in [0.2, 0.25) is 0 Å². The molecule has 17 heavy (non-hydrogen) atoms. The van der Waals surface area contributed by atoms with Gasteiger partial charge in [-0.25, -0.2) is 4.98 Å². The first kappa shape index (κ1) is 12.4. The molecule has 2 rings (SSSR count). The number of likely N-dealkylation sites (tertiary alicyclic amines) is 1. The minimum atomic E-state index is 0.00139. The molecular formula is C13H17ClN2O. The first-order chi connectivity index (χ1) is 8.08. The molecule has 0 N–H and O–H groups in total. The van der Waals surface area contributed by atoms with Crippen LogP contribution < -0.4 is 0 Å². The summed E-state index contributed by atoms with van der Waals surface area (Å²) in [5.74, 6) is 1.11. The van der Waals surface area contributed by atoms with Gasteiger partial charge in [0.05, 0.1) is 5.56 Å². The highest BCUT2D eigenvalue weighted by molar-refractivity contribution is 6.32. The molecule has 1 aromatic rings. The van der Waals surface area contributed by atoms with Crippen LogP contribution in [0.25, 0.3) is 0 Å². The summed E-state index contributed by atoms with van der Waals surface area (Å²) < 4.78 is 0. The third kappa shape index (κ3) is 2.78. The zero-order valence-electron chi connectivity index (χ0n) is 10.2. The van der Waals surface area contributed by atoms with Gasteiger partial charge in [-0.15, -0.1) is 0 Å². The summed E-state index contributed by atoms with van der Waals surface area (Å²) in [6.45, 7) is 5.99. The van der Waals surface area contributed by atoms with Crippen LogP contribution in [-0.4, -0.2) is 28.9 Å². The lowest BCUT2D eigenvalue weighted by Crippen LogP contribution is -2.42. The van der Waals surface area contributed by atoms with Gasteiger partial charge < -0.3 is 4.90 Å². The van der Waals surface area contributed by atoms with E-state index >= 15 is 0 Å². The van der Waals surface area contributed by atoms with Crippen molar-refractivity contribution in [1.82, 2.24) is 9.88 Å². The van der Waals surface area contributed by atoms with E-state index in [1.54, 1.807) is 18.3 Å². The molecule has 2 atom stereocenters. The third-order valence-electron chi connectivity index (χ3n) is 3.15. The zero-order valence-corrected chi connectivity index (χ0v) is 10.9. The van der Waals surface area contributed by atoms with E-state index in [1.807, 2.05) is 4.90 Å². The topological polar surface area (TPSA) is 33.2 Å². The number of nitrogens with zero attached hydrogens (tertiary/aromatic N) is 2. The molecule has 4 heteroatoms. The van der Waals surface area contributed by atoms with Crippen molar-refractivity contribution in [2.45, 2.75) is 20.3 Å². The molecule has 0 bridgehead atoms. The molecule has 0 aromatic carbocycles. The molecule has 0 spiro atoms. The summed E-state index contributed by atoms with van der Waals surface area (Å²) in [4.78, 5) is 18.2. The molecule has 0 aliphatic carbocycles.